The molecule has 1 radical (unpaired) electrons. The Balaban J connectivity index is 1.77. The van der Waals surface area contributed by atoms with Gasteiger partial charge < -0.3 is 15.5 Å². The van der Waals surface area contributed by atoms with Gasteiger partial charge in [0, 0.05) is 33.6 Å². The summed E-state index contributed by atoms with van der Waals surface area (Å²) in [6.07, 6.45) is 1.01. The average molecular weight is 331 g/mol. The van der Waals surface area contributed by atoms with Crippen LogP contribution in [0.25, 0.3) is 10.2 Å². The minimum atomic E-state index is -0.487. The van der Waals surface area contributed by atoms with E-state index in [0.717, 1.165) is 35.9 Å². The minimum absolute atomic E-state index is 0.136. The van der Waals surface area contributed by atoms with E-state index in [-0.39, 0.29) is 5.91 Å². The quantitative estimate of drug-likeness (QED) is 0.921. The molecule has 1 atom stereocenters. The van der Waals surface area contributed by atoms with Crippen molar-refractivity contribution in [3.8, 4) is 0 Å². The van der Waals surface area contributed by atoms with Crippen LogP contribution >= 0.6 is 11.3 Å². The van der Waals surface area contributed by atoms with Gasteiger partial charge in [0.2, 0.25) is 5.91 Å². The summed E-state index contributed by atoms with van der Waals surface area (Å²) in [5, 5.41) is 0.850. The van der Waals surface area contributed by atoms with Crippen LogP contribution in [0.1, 0.15) is 23.7 Å². The smallest absolute Gasteiger partial charge is 0.250 e. The fourth-order valence-corrected chi connectivity index (χ4v) is 3.91. The molecular weight excluding hydrogens is 312 g/mol. The Hall–Kier alpha value is -2.15. The van der Waals surface area contributed by atoms with Gasteiger partial charge in [-0.1, -0.05) is 11.3 Å². The van der Waals surface area contributed by atoms with Gasteiger partial charge in [0.15, 0.2) is 5.13 Å². The van der Waals surface area contributed by atoms with Gasteiger partial charge >= 0.3 is 0 Å². The number of fused-ring (bicyclic) bond motifs is 1. The van der Waals surface area contributed by atoms with E-state index < -0.39 is 5.91 Å². The molecule has 2 N–H and O–H groups in total. The highest BCUT2D eigenvalue weighted by atomic mass is 32.1. The van der Waals surface area contributed by atoms with E-state index in [2.05, 4.69) is 16.0 Å². The summed E-state index contributed by atoms with van der Waals surface area (Å²) in [6.45, 7) is 4.07. The van der Waals surface area contributed by atoms with Crippen molar-refractivity contribution in [1.82, 2.24) is 9.88 Å². The molecule has 6 nitrogen and oxygen atoms in total. The van der Waals surface area contributed by atoms with E-state index >= 15 is 0 Å². The van der Waals surface area contributed by atoms with Gasteiger partial charge in [-0.25, -0.2) is 4.98 Å². The maximum atomic E-state index is 11.5. The van der Waals surface area contributed by atoms with Gasteiger partial charge in [-0.05, 0) is 30.5 Å². The number of aromatic nitrogens is 1. The molecule has 2 amide bonds. The number of likely N-dealkylation sites (tertiary alicyclic amines) is 1. The predicted octanol–water partition coefficient (Wildman–Crippen LogP) is 1.50. The summed E-state index contributed by atoms with van der Waals surface area (Å²) in [6, 6.07) is 6.34. The summed E-state index contributed by atoms with van der Waals surface area (Å²) < 4.78 is 0.903. The van der Waals surface area contributed by atoms with Crippen molar-refractivity contribution in [2.45, 2.75) is 13.3 Å². The number of thiazole rings is 1. The summed E-state index contributed by atoms with van der Waals surface area (Å²) in [4.78, 5) is 31.5. The molecule has 1 fully saturated rings. The zero-order chi connectivity index (χ0) is 16.6. The third kappa shape index (κ3) is 3.14. The molecule has 0 saturated carbocycles. The highest BCUT2D eigenvalue weighted by Gasteiger charge is 2.26. The molecule has 0 bridgehead atoms. The van der Waals surface area contributed by atoms with Crippen molar-refractivity contribution >= 4 is 38.5 Å². The third-order valence-corrected chi connectivity index (χ3v) is 5.31. The second-order valence-corrected chi connectivity index (χ2v) is 6.95. The molecule has 1 aromatic carbocycles. The second kappa shape index (κ2) is 6.16. The number of nitrogens with two attached hydrogens (primary N) is 1. The van der Waals surface area contributed by atoms with Crippen LogP contribution in [0.15, 0.2) is 12.1 Å². The third-order valence-electron chi connectivity index (χ3n) is 4.19. The molecule has 121 valence electrons. The fourth-order valence-electron chi connectivity index (χ4n) is 2.96. The van der Waals surface area contributed by atoms with Crippen molar-refractivity contribution in [2.75, 3.05) is 31.6 Å². The van der Waals surface area contributed by atoms with Crippen LogP contribution in [0.2, 0.25) is 0 Å². The van der Waals surface area contributed by atoms with Crippen LogP contribution in [0.4, 0.5) is 5.13 Å². The Kier molecular flexibility index (Phi) is 4.21. The van der Waals surface area contributed by atoms with Crippen LogP contribution in [0, 0.1) is 12.0 Å². The Labute approximate surface area is 138 Å². The van der Waals surface area contributed by atoms with E-state index in [0.29, 0.717) is 17.0 Å². The van der Waals surface area contributed by atoms with E-state index in [1.54, 1.807) is 13.0 Å². The lowest BCUT2D eigenvalue weighted by Crippen LogP contribution is -2.30. The molecule has 1 saturated heterocycles. The molecular formula is C16H19N4O2S. The fraction of sp³-hybridized carbons (Fsp3) is 0.438. The first-order chi connectivity index (χ1) is 11.0. The number of amides is 2. The normalized spacial score (nSPS) is 17.7. The molecule has 1 aromatic heterocycles. The lowest BCUT2D eigenvalue weighted by atomic mass is 10.1. The molecule has 3 rings (SSSR count). The SMILES string of the molecule is CC(=O)N1CCC(CN(C)c2nc3c(C(N)=O)c[c]cc3s2)C1. The first kappa shape index (κ1) is 15.7. The lowest BCUT2D eigenvalue weighted by Gasteiger charge is -2.20. The highest BCUT2D eigenvalue weighted by molar-refractivity contribution is 7.22. The first-order valence-corrected chi connectivity index (χ1v) is 8.34. The van der Waals surface area contributed by atoms with Gasteiger partial charge in [0.05, 0.1) is 15.8 Å². The highest BCUT2D eigenvalue weighted by Crippen LogP contribution is 2.31. The second-order valence-electron chi connectivity index (χ2n) is 5.94. The van der Waals surface area contributed by atoms with Gasteiger partial charge in [0.1, 0.15) is 0 Å². The number of rotatable bonds is 4. The van der Waals surface area contributed by atoms with Gasteiger partial charge in [0.25, 0.3) is 5.91 Å². The number of hydrogen-bond acceptors (Lipinski definition) is 5. The molecule has 2 heterocycles. The maximum absolute atomic E-state index is 11.5. The Morgan fingerprint density at radius 1 is 1.52 bits per heavy atom. The zero-order valence-corrected chi connectivity index (χ0v) is 14.0. The minimum Gasteiger partial charge on any atom is -0.366 e. The van der Waals surface area contributed by atoms with Gasteiger partial charge in [-0.3, -0.25) is 9.59 Å². The Morgan fingerprint density at radius 3 is 2.96 bits per heavy atom. The lowest BCUT2D eigenvalue weighted by molar-refractivity contribution is -0.127. The van der Waals surface area contributed by atoms with E-state index in [1.165, 1.54) is 11.3 Å². The summed E-state index contributed by atoms with van der Waals surface area (Å²) in [5.41, 5.74) is 6.44. The summed E-state index contributed by atoms with van der Waals surface area (Å²) in [7, 11) is 1.99. The standard InChI is InChI=1S/C16H19N4O2S/c1-10(21)20-7-6-11(9-20)8-19(2)16-18-14-12(15(17)22)4-3-5-13(14)23-16/h4-5,11H,6-9H2,1-2H3,(H2,17,22). The number of primary amides is 1. The largest absolute Gasteiger partial charge is 0.366 e. The number of carbonyl (C=O) groups excluding carboxylic acids is 2. The van der Waals surface area contributed by atoms with Gasteiger partial charge in [-0.2, -0.15) is 0 Å². The molecule has 1 aliphatic rings. The summed E-state index contributed by atoms with van der Waals surface area (Å²) >= 11 is 1.52. The van der Waals surface area contributed by atoms with Crippen molar-refractivity contribution in [3.63, 3.8) is 0 Å². The summed E-state index contributed by atoms with van der Waals surface area (Å²) in [5.74, 6) is 0.0918. The molecule has 0 aliphatic carbocycles. The number of hydrogen-bond donors (Lipinski definition) is 1. The van der Waals surface area contributed by atoms with Crippen LogP contribution in [0.5, 0.6) is 0 Å². The van der Waals surface area contributed by atoms with E-state index in [4.69, 9.17) is 5.73 Å². The zero-order valence-electron chi connectivity index (χ0n) is 13.2. The van der Waals surface area contributed by atoms with Crippen LogP contribution in [-0.4, -0.2) is 48.4 Å². The monoisotopic (exact) mass is 331 g/mol. The predicted molar refractivity (Wildman–Crippen MR) is 90.6 cm³/mol. The molecule has 2 aromatic rings. The number of anilines is 1. The van der Waals surface area contributed by atoms with Crippen LogP contribution in [-0.2, 0) is 4.79 Å². The van der Waals surface area contributed by atoms with Crippen LogP contribution < -0.4 is 10.6 Å². The van der Waals surface area contributed by atoms with E-state index in [1.807, 2.05) is 18.0 Å². The van der Waals surface area contributed by atoms with Gasteiger partial charge in [-0.15, -0.1) is 0 Å². The van der Waals surface area contributed by atoms with Crippen LogP contribution in [0.3, 0.4) is 0 Å². The molecule has 0 spiro atoms. The molecule has 7 heteroatoms. The van der Waals surface area contributed by atoms with Crippen molar-refractivity contribution < 1.29 is 9.59 Å². The maximum Gasteiger partial charge on any atom is 0.250 e. The number of carbonyl (C=O) groups is 2. The first-order valence-electron chi connectivity index (χ1n) is 7.52. The van der Waals surface area contributed by atoms with Crippen molar-refractivity contribution in [3.05, 3.63) is 23.8 Å². The average Bonchev–Trinajstić information content (AvgIpc) is 3.12. The number of benzene rings is 1. The topological polar surface area (TPSA) is 79.5 Å². The Bertz CT molecular complexity index is 758. The van der Waals surface area contributed by atoms with Crippen molar-refractivity contribution in [1.29, 1.82) is 0 Å². The van der Waals surface area contributed by atoms with E-state index in [9.17, 15) is 9.59 Å². The molecule has 1 aliphatic heterocycles. The van der Waals surface area contributed by atoms with Crippen molar-refractivity contribution in [2.24, 2.45) is 11.7 Å². The Morgan fingerprint density at radius 2 is 2.30 bits per heavy atom. The molecule has 1 unspecified atom stereocenters. The number of nitrogens with zero attached hydrogens (tertiary/aromatic N) is 3. The molecule has 23 heavy (non-hydrogen) atoms.